The number of anilines is 2. The molecule has 0 bridgehead atoms. The fourth-order valence-corrected chi connectivity index (χ4v) is 3.07. The van der Waals surface area contributed by atoms with Gasteiger partial charge in [-0.05, 0) is 25.2 Å². The highest BCUT2D eigenvalue weighted by molar-refractivity contribution is 6.42. The zero-order valence-electron chi connectivity index (χ0n) is 17.8. The highest BCUT2D eigenvalue weighted by atomic mass is 35.5. The molecular weight excluding hydrogens is 445 g/mol. The Balaban J connectivity index is 1.86. The molecule has 0 aromatic heterocycles. The van der Waals surface area contributed by atoms with Gasteiger partial charge in [0.2, 0.25) is 17.6 Å². The minimum absolute atomic E-state index is 0.109. The van der Waals surface area contributed by atoms with E-state index in [1.165, 1.54) is 21.3 Å². The third-order valence-electron chi connectivity index (χ3n) is 4.29. The smallest absolute Gasteiger partial charge is 0.238 e. The van der Waals surface area contributed by atoms with Crippen molar-refractivity contribution in [1.29, 1.82) is 0 Å². The molecule has 0 aliphatic heterocycles. The zero-order valence-corrected chi connectivity index (χ0v) is 19.3. The highest BCUT2D eigenvalue weighted by Crippen LogP contribution is 2.39. The number of ether oxygens (including phenoxy) is 3. The number of halogens is 2. The van der Waals surface area contributed by atoms with E-state index in [9.17, 15) is 9.59 Å². The molecular formula is C21H25Cl2N3O5. The highest BCUT2D eigenvalue weighted by Gasteiger charge is 2.15. The Bertz CT molecular complexity index is 914. The largest absolute Gasteiger partial charge is 0.493 e. The second-order valence-electron chi connectivity index (χ2n) is 6.63. The Morgan fingerprint density at radius 1 is 0.871 bits per heavy atom. The maximum Gasteiger partial charge on any atom is 0.238 e. The van der Waals surface area contributed by atoms with E-state index in [1.807, 2.05) is 0 Å². The molecule has 2 amide bonds. The van der Waals surface area contributed by atoms with Gasteiger partial charge in [-0.25, -0.2) is 0 Å². The summed E-state index contributed by atoms with van der Waals surface area (Å²) in [6, 6.07) is 8.14. The van der Waals surface area contributed by atoms with Crippen LogP contribution >= 0.6 is 23.2 Å². The van der Waals surface area contributed by atoms with E-state index in [0.29, 0.717) is 45.2 Å². The van der Waals surface area contributed by atoms with Crippen molar-refractivity contribution >= 4 is 46.4 Å². The lowest BCUT2D eigenvalue weighted by molar-refractivity contribution is -0.119. The maximum atomic E-state index is 12.3. The number of hydrogen-bond acceptors (Lipinski definition) is 6. The maximum absolute atomic E-state index is 12.3. The molecule has 0 aliphatic rings. The van der Waals surface area contributed by atoms with Crippen molar-refractivity contribution in [2.75, 3.05) is 52.1 Å². The zero-order chi connectivity index (χ0) is 23.0. The van der Waals surface area contributed by atoms with Crippen molar-refractivity contribution in [2.24, 2.45) is 0 Å². The molecule has 0 unspecified atom stereocenters. The molecule has 0 spiro atoms. The number of nitrogens with one attached hydrogen (secondary N) is 2. The van der Waals surface area contributed by atoms with Crippen molar-refractivity contribution in [3.05, 3.63) is 40.4 Å². The van der Waals surface area contributed by atoms with Gasteiger partial charge in [0.25, 0.3) is 0 Å². The third kappa shape index (κ3) is 7.20. The number of methoxy groups -OCH3 is 3. The van der Waals surface area contributed by atoms with Gasteiger partial charge >= 0.3 is 0 Å². The van der Waals surface area contributed by atoms with Crippen LogP contribution < -0.4 is 24.8 Å². The summed E-state index contributed by atoms with van der Waals surface area (Å²) in [7, 11) is 6.26. The SMILES string of the molecule is COc1cc(NC(=O)CCN(C)CC(=O)Nc2ccc(Cl)c(Cl)c2)cc(OC)c1OC. The quantitative estimate of drug-likeness (QED) is 0.547. The molecule has 0 saturated heterocycles. The molecule has 2 rings (SSSR count). The third-order valence-corrected chi connectivity index (χ3v) is 5.02. The van der Waals surface area contributed by atoms with Crippen molar-refractivity contribution in [2.45, 2.75) is 6.42 Å². The van der Waals surface area contributed by atoms with E-state index in [0.717, 1.165) is 0 Å². The average molecular weight is 470 g/mol. The molecule has 0 saturated carbocycles. The summed E-state index contributed by atoms with van der Waals surface area (Å²) >= 11 is 11.8. The lowest BCUT2D eigenvalue weighted by atomic mass is 10.2. The van der Waals surface area contributed by atoms with Crippen molar-refractivity contribution in [1.82, 2.24) is 4.90 Å². The predicted molar refractivity (Wildman–Crippen MR) is 122 cm³/mol. The number of amides is 2. The van der Waals surface area contributed by atoms with Crippen LogP contribution in [0.1, 0.15) is 6.42 Å². The van der Waals surface area contributed by atoms with E-state index >= 15 is 0 Å². The summed E-state index contributed by atoms with van der Waals surface area (Å²) in [5, 5.41) is 6.30. The minimum atomic E-state index is -0.231. The molecule has 168 valence electrons. The van der Waals surface area contributed by atoms with E-state index in [4.69, 9.17) is 37.4 Å². The number of benzene rings is 2. The van der Waals surface area contributed by atoms with Gasteiger partial charge in [0.05, 0.1) is 37.9 Å². The first-order chi connectivity index (χ1) is 14.8. The topological polar surface area (TPSA) is 89.1 Å². The molecule has 2 aromatic carbocycles. The first kappa shape index (κ1) is 24.6. The van der Waals surface area contributed by atoms with Crippen LogP contribution in [0.3, 0.4) is 0 Å². The second-order valence-corrected chi connectivity index (χ2v) is 7.44. The van der Waals surface area contributed by atoms with Gasteiger partial charge in [-0.1, -0.05) is 23.2 Å². The van der Waals surface area contributed by atoms with Crippen LogP contribution in [0.25, 0.3) is 0 Å². The summed E-state index contributed by atoms with van der Waals surface area (Å²) in [4.78, 5) is 26.3. The molecule has 0 radical (unpaired) electrons. The van der Waals surface area contributed by atoms with Gasteiger partial charge in [-0.2, -0.15) is 0 Å². The van der Waals surface area contributed by atoms with Crippen LogP contribution in [0.4, 0.5) is 11.4 Å². The monoisotopic (exact) mass is 469 g/mol. The molecule has 0 aliphatic carbocycles. The summed E-state index contributed by atoms with van der Waals surface area (Å²) in [6.45, 7) is 0.489. The molecule has 0 fully saturated rings. The number of carbonyl (C=O) groups excluding carboxylic acids is 2. The molecule has 0 atom stereocenters. The van der Waals surface area contributed by atoms with Crippen LogP contribution in [0.5, 0.6) is 17.2 Å². The van der Waals surface area contributed by atoms with Gasteiger partial charge in [0, 0.05) is 36.5 Å². The van der Waals surface area contributed by atoms with Crippen LogP contribution in [0, 0.1) is 0 Å². The number of carbonyl (C=O) groups is 2. The number of nitrogens with zero attached hydrogens (tertiary/aromatic N) is 1. The van der Waals surface area contributed by atoms with Gasteiger partial charge < -0.3 is 24.8 Å². The van der Waals surface area contributed by atoms with E-state index in [-0.39, 0.29) is 24.8 Å². The normalized spacial score (nSPS) is 10.5. The Hall–Kier alpha value is -2.68. The van der Waals surface area contributed by atoms with E-state index in [2.05, 4.69) is 10.6 Å². The number of rotatable bonds is 10. The molecule has 10 heteroatoms. The second kappa shape index (κ2) is 11.6. The Kier molecular flexibility index (Phi) is 9.23. The summed E-state index contributed by atoms with van der Waals surface area (Å²) in [5.41, 5.74) is 1.06. The molecule has 2 N–H and O–H groups in total. The molecule has 8 nitrogen and oxygen atoms in total. The molecule has 2 aromatic rings. The van der Waals surface area contributed by atoms with Crippen LogP contribution in [-0.2, 0) is 9.59 Å². The minimum Gasteiger partial charge on any atom is -0.493 e. The predicted octanol–water partition coefficient (Wildman–Crippen LogP) is 3.92. The van der Waals surface area contributed by atoms with Gasteiger partial charge in [-0.3, -0.25) is 14.5 Å². The number of hydrogen-bond donors (Lipinski definition) is 2. The lowest BCUT2D eigenvalue weighted by Crippen LogP contribution is -2.32. The molecule has 0 heterocycles. The molecule has 31 heavy (non-hydrogen) atoms. The Labute approximate surface area is 191 Å². The summed E-state index contributed by atoms with van der Waals surface area (Å²) in [6.07, 6.45) is 0.188. The summed E-state index contributed by atoms with van der Waals surface area (Å²) in [5.74, 6) is 0.870. The number of likely N-dealkylation sites (N-methyl/N-ethyl adjacent to an activating group) is 1. The first-order valence-corrected chi connectivity index (χ1v) is 10.1. The van der Waals surface area contributed by atoms with E-state index in [1.54, 1.807) is 42.3 Å². The van der Waals surface area contributed by atoms with Gasteiger partial charge in [0.1, 0.15) is 0 Å². The van der Waals surface area contributed by atoms with Crippen LogP contribution in [0.2, 0.25) is 10.0 Å². The van der Waals surface area contributed by atoms with Gasteiger partial charge in [0.15, 0.2) is 11.5 Å². The lowest BCUT2D eigenvalue weighted by Gasteiger charge is -2.17. The van der Waals surface area contributed by atoms with E-state index < -0.39 is 0 Å². The fourth-order valence-electron chi connectivity index (χ4n) is 2.77. The Morgan fingerprint density at radius 3 is 2.03 bits per heavy atom. The standard InChI is InChI=1S/C21H25Cl2N3O5/c1-26(12-20(28)24-13-5-6-15(22)16(23)9-13)8-7-19(27)25-14-10-17(29-2)21(31-4)18(11-14)30-3/h5-6,9-11H,7-8,12H2,1-4H3,(H,24,28)(H,25,27). The first-order valence-electron chi connectivity index (χ1n) is 9.30. The van der Waals surface area contributed by atoms with Crippen LogP contribution in [-0.4, -0.2) is 58.2 Å². The van der Waals surface area contributed by atoms with Crippen LogP contribution in [0.15, 0.2) is 30.3 Å². The Morgan fingerprint density at radius 2 is 1.48 bits per heavy atom. The van der Waals surface area contributed by atoms with Gasteiger partial charge in [-0.15, -0.1) is 0 Å². The summed E-state index contributed by atoms with van der Waals surface area (Å²) < 4.78 is 15.8. The fraction of sp³-hybridized carbons (Fsp3) is 0.333. The average Bonchev–Trinajstić information content (AvgIpc) is 2.74. The van der Waals surface area contributed by atoms with Crippen molar-refractivity contribution in [3.63, 3.8) is 0 Å². The van der Waals surface area contributed by atoms with Crippen molar-refractivity contribution < 1.29 is 23.8 Å². The van der Waals surface area contributed by atoms with Crippen molar-refractivity contribution in [3.8, 4) is 17.2 Å².